The van der Waals surface area contributed by atoms with E-state index in [9.17, 15) is 0 Å². The van der Waals surface area contributed by atoms with Gasteiger partial charge in [0.05, 0.1) is 0 Å². The summed E-state index contributed by atoms with van der Waals surface area (Å²) in [6.07, 6.45) is 4.13. The number of pyridine rings is 5. The van der Waals surface area contributed by atoms with Crippen LogP contribution in [0.4, 0.5) is 0 Å². The third-order valence-corrected chi connectivity index (χ3v) is 14.7. The van der Waals surface area contributed by atoms with Gasteiger partial charge in [-0.25, -0.2) is 22.8 Å². The zero-order chi connectivity index (χ0) is 72.3. The van der Waals surface area contributed by atoms with E-state index in [4.69, 9.17) is 16.4 Å². The molecule has 0 saturated heterocycles. The Kier molecular flexibility index (Phi) is 19.0. The van der Waals surface area contributed by atoms with Gasteiger partial charge in [-0.2, -0.15) is 0 Å². The van der Waals surface area contributed by atoms with Gasteiger partial charge in [-0.15, -0.1) is 0 Å². The molecule has 10 aromatic rings. The first-order chi connectivity index (χ1) is 45.1. The molecule has 5 aromatic carbocycles. The van der Waals surface area contributed by atoms with Crippen molar-refractivity contribution in [3.05, 3.63) is 269 Å². The lowest BCUT2D eigenvalue weighted by Crippen LogP contribution is -2.31. The number of hydrogen-bond acceptors (Lipinski definition) is 0. The van der Waals surface area contributed by atoms with E-state index in [1.54, 1.807) is 26.1 Å². The van der Waals surface area contributed by atoms with Gasteiger partial charge in [-0.05, 0) is 165 Å². The summed E-state index contributed by atoms with van der Waals surface area (Å²) < 4.78 is 105. The Labute approximate surface area is 530 Å². The number of nitrogens with zero attached hydrogens (tertiary/aromatic N) is 5. The molecule has 1 unspecified atom stereocenters. The minimum Gasteiger partial charge on any atom is -0.201 e. The lowest BCUT2D eigenvalue weighted by molar-refractivity contribution is -0.661. The second-order valence-corrected chi connectivity index (χ2v) is 22.4. The number of rotatable bonds is 12. The van der Waals surface area contributed by atoms with E-state index in [0.29, 0.717) is 16.7 Å². The minimum atomic E-state index is -2.36. The molecule has 0 fully saturated rings. The highest BCUT2D eigenvalue weighted by Crippen LogP contribution is 2.26. The van der Waals surface area contributed by atoms with Gasteiger partial charge in [0.15, 0.2) is 31.0 Å². The summed E-state index contributed by atoms with van der Waals surface area (Å²) in [6, 6.07) is 59.9. The molecule has 0 saturated carbocycles. The average molecular weight is 1140 g/mol. The molecule has 85 heavy (non-hydrogen) atoms. The fourth-order valence-corrected chi connectivity index (χ4v) is 10.0. The van der Waals surface area contributed by atoms with E-state index in [0.717, 1.165) is 61.9 Å². The highest BCUT2D eigenvalue weighted by molar-refractivity contribution is 5.64. The fraction of sp³-hybridized carbons (Fsp3) is 0.312. The van der Waals surface area contributed by atoms with Crippen molar-refractivity contribution in [2.24, 2.45) is 47.1 Å². The van der Waals surface area contributed by atoms with Crippen LogP contribution in [0.3, 0.4) is 0 Å². The van der Waals surface area contributed by atoms with E-state index in [-0.39, 0.29) is 11.8 Å². The summed E-state index contributed by atoms with van der Waals surface area (Å²) >= 11 is 0. The highest BCUT2D eigenvalue weighted by atomic mass is 14.9. The molecule has 0 spiro atoms. The standard InChI is InChI=1S/2C17H22N.C16H20N.2C15H18N/c1-13(2)11-15-9-10-18(4)17(12-15)16-8-6-5-7-14(16)3;1-13(2)11-15-9-10-17(18(4)12-15)16-8-6-5-7-14(16)3;1-12(2)14-9-10-16(17(4)11-14)15-8-6-5-7-13(15)3;1-4-13-9-10-16(3)15(11-13)14-8-6-5-7-12(14)2;1-4-13-9-10-15(16(3)11-13)14-8-6-5-7-12(14)2/h2*5-10,12-13H,11H2,1-4H3;5-12H,1-4H3;2*5-11H,4H2,1-3H3/q5*+1/i2*11D2;1D3,12D;2*4D2. The lowest BCUT2D eigenvalue weighted by atomic mass is 9.99. The normalized spacial score (nSPS) is 14.3. The van der Waals surface area contributed by atoms with Crippen molar-refractivity contribution < 1.29 is 39.3 Å². The molecule has 0 aliphatic heterocycles. The Morgan fingerprint density at radius 3 is 1.02 bits per heavy atom. The smallest absolute Gasteiger partial charge is 0.201 e. The van der Waals surface area contributed by atoms with Gasteiger partial charge in [0, 0.05) is 103 Å². The maximum Gasteiger partial charge on any atom is 0.212 e. The Morgan fingerprint density at radius 2 is 0.671 bits per heavy atom. The van der Waals surface area contributed by atoms with Crippen LogP contribution in [0.25, 0.3) is 56.3 Å². The van der Waals surface area contributed by atoms with Gasteiger partial charge in [-0.1, -0.05) is 146 Å². The predicted molar refractivity (Wildman–Crippen MR) is 359 cm³/mol. The summed E-state index contributed by atoms with van der Waals surface area (Å²) in [5.41, 5.74) is 20.4. The molecule has 5 aromatic heterocycles. The fourth-order valence-electron chi connectivity index (χ4n) is 10.0. The monoisotopic (exact) mass is 1140 g/mol. The second kappa shape index (κ2) is 32.2. The van der Waals surface area contributed by atoms with Crippen LogP contribution < -0.4 is 22.8 Å². The molecule has 5 nitrogen and oxygen atoms in total. The van der Waals surface area contributed by atoms with Crippen molar-refractivity contribution in [3.8, 4) is 56.3 Å². The summed E-state index contributed by atoms with van der Waals surface area (Å²) in [7, 11) is 9.78. The van der Waals surface area contributed by atoms with E-state index < -0.39 is 38.2 Å². The number of benzene rings is 5. The Hall–Kier alpha value is -8.15. The zero-order valence-electron chi connectivity index (χ0n) is 65.6. The summed E-state index contributed by atoms with van der Waals surface area (Å²) in [5.74, 6) is -1.72. The number of aryl methyl sites for hydroxylation is 12. The average Bonchev–Trinajstić information content (AvgIpc) is 0.803. The molecule has 1 atom stereocenters. The van der Waals surface area contributed by atoms with Gasteiger partial charge in [-0.3, -0.25) is 0 Å². The summed E-state index contributed by atoms with van der Waals surface area (Å²) in [4.78, 5) is 0. The maximum atomic E-state index is 8.26. The van der Waals surface area contributed by atoms with Crippen molar-refractivity contribution in [2.45, 2.75) is 121 Å². The van der Waals surface area contributed by atoms with Crippen LogP contribution in [0.2, 0.25) is 0 Å². The molecule has 0 aliphatic carbocycles. The molecule has 0 aliphatic rings. The molecule has 0 bridgehead atoms. The third kappa shape index (κ3) is 18.9. The largest absolute Gasteiger partial charge is 0.212 e. The number of aromatic nitrogens is 5. The number of hydrogen-bond donors (Lipinski definition) is 0. The first-order valence-electron chi connectivity index (χ1n) is 35.4. The van der Waals surface area contributed by atoms with Gasteiger partial charge >= 0.3 is 0 Å². The molecule has 0 radical (unpaired) electrons. The van der Waals surface area contributed by atoms with E-state index in [1.807, 2.05) is 245 Å². The van der Waals surface area contributed by atoms with E-state index in [2.05, 4.69) is 76.2 Å². The Morgan fingerprint density at radius 1 is 0.353 bits per heavy atom. The topological polar surface area (TPSA) is 19.4 Å². The van der Waals surface area contributed by atoms with Gasteiger partial charge < -0.3 is 0 Å². The molecule has 440 valence electrons. The first kappa shape index (κ1) is 50.2. The molecular weight excluding hydrogens is 1030 g/mol. The van der Waals surface area contributed by atoms with Crippen molar-refractivity contribution in [2.75, 3.05) is 0 Å². The molecule has 5 heterocycles. The summed E-state index contributed by atoms with van der Waals surface area (Å²) in [5, 5.41) is 0. The Bertz CT molecular complexity index is 4310. The minimum absolute atomic E-state index is 0.0492. The second-order valence-electron chi connectivity index (χ2n) is 22.4. The molecule has 10 rings (SSSR count). The SMILES string of the molecule is [2H]C([2H])(C)c1cc[n+](C)c(-c2ccccc2C)c1.[2H]C([2H])(C)c1ccc(-c2ccccc2C)[n+](C)c1.[2H]C([2H])([2H])C([2H])(C)c1ccc(-c2ccccc2C)[n+](C)c1.[2H]C([2H])(c1cc[n+](C)c(-c2ccccc2C)c1)C(C)C.[2H]C([2H])(c1ccc(-c2ccccc2C)[n+](C)c1)C(C)C. The molecular formula is C80H100N5+5. The van der Waals surface area contributed by atoms with Crippen molar-refractivity contribution in [1.29, 1.82) is 0 Å². The van der Waals surface area contributed by atoms with Crippen LogP contribution in [0.15, 0.2) is 213 Å². The molecule has 5 heteroatoms. The summed E-state index contributed by atoms with van der Waals surface area (Å²) in [6.45, 7) is 20.3. The van der Waals surface area contributed by atoms with Crippen molar-refractivity contribution in [3.63, 3.8) is 0 Å². The van der Waals surface area contributed by atoms with Gasteiger partial charge in [0.1, 0.15) is 35.2 Å². The predicted octanol–water partition coefficient (Wildman–Crippen LogP) is 17.1. The Balaban J connectivity index is 0.000000192. The first-order valence-corrected chi connectivity index (χ1v) is 29.4. The third-order valence-electron chi connectivity index (χ3n) is 14.7. The maximum absolute atomic E-state index is 8.26. The van der Waals surface area contributed by atoms with Crippen LogP contribution in [-0.4, -0.2) is 0 Å². The highest BCUT2D eigenvalue weighted by Gasteiger charge is 2.18. The van der Waals surface area contributed by atoms with Crippen LogP contribution in [-0.2, 0) is 60.7 Å². The van der Waals surface area contributed by atoms with E-state index >= 15 is 0 Å². The van der Waals surface area contributed by atoms with Crippen LogP contribution >= 0.6 is 0 Å². The quantitative estimate of drug-likeness (QED) is 0.109. The van der Waals surface area contributed by atoms with Crippen LogP contribution in [0.1, 0.15) is 133 Å². The van der Waals surface area contributed by atoms with Crippen LogP contribution in [0.5, 0.6) is 0 Å². The lowest BCUT2D eigenvalue weighted by Gasteiger charge is -2.08. The van der Waals surface area contributed by atoms with Gasteiger partial charge in [0.2, 0.25) is 28.5 Å². The van der Waals surface area contributed by atoms with Gasteiger partial charge in [0.25, 0.3) is 0 Å². The zero-order valence-corrected chi connectivity index (χ0v) is 53.6. The molecule has 0 amide bonds. The van der Waals surface area contributed by atoms with Crippen LogP contribution in [0, 0.1) is 46.5 Å². The van der Waals surface area contributed by atoms with E-state index in [1.165, 1.54) is 40.3 Å². The molecule has 0 N–H and O–H groups in total. The van der Waals surface area contributed by atoms with Crippen molar-refractivity contribution >= 4 is 0 Å². The van der Waals surface area contributed by atoms with Crippen molar-refractivity contribution in [1.82, 2.24) is 0 Å².